The molecule has 0 aliphatic heterocycles. The molecule has 0 aromatic carbocycles. The van der Waals surface area contributed by atoms with E-state index in [2.05, 4.69) is 0 Å². The van der Waals surface area contributed by atoms with Gasteiger partial charge in [0.1, 0.15) is 0 Å². The summed E-state index contributed by atoms with van der Waals surface area (Å²) in [7, 11) is 0. The van der Waals surface area contributed by atoms with Crippen LogP contribution in [0.5, 0.6) is 0 Å². The summed E-state index contributed by atoms with van der Waals surface area (Å²) in [4.78, 5) is 0. The van der Waals surface area contributed by atoms with Gasteiger partial charge in [-0.15, -0.1) is 0 Å². The van der Waals surface area contributed by atoms with E-state index in [4.69, 9.17) is 11.8 Å². The second-order valence-electron chi connectivity index (χ2n) is 0. The minimum Gasteiger partial charge on any atom is -0.512 e. The van der Waals surface area contributed by atoms with Gasteiger partial charge < -0.3 is 11.8 Å². The first-order valence-corrected chi connectivity index (χ1v) is 0.224. The molecule has 0 spiro atoms. The van der Waals surface area contributed by atoms with Crippen LogP contribution >= 0.6 is 13.5 Å². The summed E-state index contributed by atoms with van der Waals surface area (Å²) in [5, 5.41) is 6.25. The Morgan fingerprint density at radius 2 is 1.25 bits per heavy atom. The molecule has 28 valence electrons. The molecule has 0 saturated carbocycles. The van der Waals surface area contributed by atoms with Crippen molar-refractivity contribution in [3.8, 4) is 0 Å². The first-order valence-electron chi connectivity index (χ1n) is 0.224. The Hall–Kier alpha value is 0.359. The number of hydrogen-bond acceptors (Lipinski definition) is 1. The van der Waals surface area contributed by atoms with Gasteiger partial charge in [0.25, 0.3) is 0 Å². The zero-order valence-corrected chi connectivity index (χ0v) is 3.69. The predicted molar refractivity (Wildman–Crippen MR) is 15.3 cm³/mol. The molecule has 0 unspecified atom stereocenters. The van der Waals surface area contributed by atoms with Crippen LogP contribution in [0.15, 0.2) is 0 Å². The molecule has 0 amide bonds. The topological polar surface area (TPSA) is 23.8 Å². The fourth-order valence-electron chi connectivity index (χ4n) is 0. The molecule has 0 atom stereocenters. The Morgan fingerprint density at radius 1 is 1.25 bits per heavy atom. The van der Waals surface area contributed by atoms with Crippen LogP contribution in [0.2, 0.25) is 0 Å². The van der Waals surface area contributed by atoms with Crippen molar-refractivity contribution in [2.75, 3.05) is 0 Å². The fourth-order valence-corrected chi connectivity index (χ4v) is 0. The fraction of sp³-hybridized carbons (Fsp3) is 0. The molecule has 0 aliphatic rings. The van der Waals surface area contributed by atoms with E-state index in [0.717, 1.165) is 0 Å². The van der Waals surface area contributed by atoms with E-state index in [9.17, 15) is 0 Å². The maximum Gasteiger partial charge on any atom is 1.00 e. The molecule has 1 nitrogen and oxygen atoms in total. The first kappa shape index (κ1) is 26.6. The van der Waals surface area contributed by atoms with Crippen LogP contribution < -0.4 is 0 Å². The summed E-state index contributed by atoms with van der Waals surface area (Å²) in [6.07, 6.45) is 0. The molecule has 0 heterocycles. The number of nitrogens with zero attached hydrogens (tertiary/aromatic N) is 1. The molecule has 0 fully saturated rings. The molecule has 0 aliphatic carbocycles. The van der Waals surface area contributed by atoms with Crippen LogP contribution in [-0.2, 0) is 17.1 Å². The standard InChI is InChI=1S/CN.Cu.H2S/c1-2;;/h;;1H2/q-1;+1;. The van der Waals surface area contributed by atoms with E-state index in [-0.39, 0.29) is 30.6 Å². The summed E-state index contributed by atoms with van der Waals surface area (Å²) >= 11 is 0. The van der Waals surface area contributed by atoms with Crippen LogP contribution in [0.3, 0.4) is 0 Å². The van der Waals surface area contributed by atoms with E-state index in [0.29, 0.717) is 0 Å². The number of hydrogen-bond donors (Lipinski definition) is 0. The minimum absolute atomic E-state index is 0. The van der Waals surface area contributed by atoms with E-state index < -0.39 is 0 Å². The predicted octanol–water partition coefficient (Wildman–Crippen LogP) is 0.207. The molecular weight excluding hydrogens is 122 g/mol. The maximum absolute atomic E-state index is 6.25. The first-order chi connectivity index (χ1) is 1.00. The van der Waals surface area contributed by atoms with Gasteiger partial charge in [0, 0.05) is 0 Å². The summed E-state index contributed by atoms with van der Waals surface area (Å²) in [6, 6.07) is 0. The van der Waals surface area contributed by atoms with Gasteiger partial charge in [0.2, 0.25) is 0 Å². The summed E-state index contributed by atoms with van der Waals surface area (Å²) in [5.74, 6) is 0. The number of rotatable bonds is 0. The zero-order valence-electron chi connectivity index (χ0n) is 1.75. The van der Waals surface area contributed by atoms with E-state index >= 15 is 0 Å². The van der Waals surface area contributed by atoms with Gasteiger partial charge in [0.15, 0.2) is 0 Å². The third-order valence-electron chi connectivity index (χ3n) is 0. The van der Waals surface area contributed by atoms with Gasteiger partial charge in [-0.3, -0.25) is 0 Å². The third-order valence-corrected chi connectivity index (χ3v) is 0. The van der Waals surface area contributed by atoms with Crippen molar-refractivity contribution in [2.24, 2.45) is 0 Å². The molecule has 0 bridgehead atoms. The molecular formula is CH2CuNS. The average molecular weight is 124 g/mol. The Kier molecular flexibility index (Phi) is 963. The Balaban J connectivity index is -0.00000000500. The average Bonchev–Trinajstić information content (AvgIpc) is 1.00. The Labute approximate surface area is 42.9 Å². The molecule has 0 rings (SSSR count). The van der Waals surface area contributed by atoms with Gasteiger partial charge in [0.05, 0.1) is 0 Å². The van der Waals surface area contributed by atoms with Crippen molar-refractivity contribution >= 4 is 13.5 Å². The third kappa shape index (κ3) is 33.7. The van der Waals surface area contributed by atoms with Crippen molar-refractivity contribution < 1.29 is 17.1 Å². The zero-order chi connectivity index (χ0) is 2.00. The summed E-state index contributed by atoms with van der Waals surface area (Å²) < 4.78 is 0. The molecule has 0 aromatic rings. The van der Waals surface area contributed by atoms with Gasteiger partial charge in [-0.1, -0.05) is 0 Å². The van der Waals surface area contributed by atoms with Crippen molar-refractivity contribution in [2.45, 2.75) is 0 Å². The van der Waals surface area contributed by atoms with E-state index in [1.807, 2.05) is 0 Å². The molecule has 0 saturated heterocycles. The largest absolute Gasteiger partial charge is 1.00 e. The molecule has 0 radical (unpaired) electrons. The molecule has 0 N–H and O–H groups in total. The minimum atomic E-state index is 0. The Bertz CT molecular complexity index is 12.8. The molecule has 3 heteroatoms. The van der Waals surface area contributed by atoms with Gasteiger partial charge >= 0.3 is 17.1 Å². The van der Waals surface area contributed by atoms with E-state index in [1.165, 1.54) is 0 Å². The van der Waals surface area contributed by atoms with Gasteiger partial charge in [-0.2, -0.15) is 13.5 Å². The smallest absolute Gasteiger partial charge is 0.512 e. The van der Waals surface area contributed by atoms with Crippen LogP contribution in [0, 0.1) is 11.8 Å². The quantitative estimate of drug-likeness (QED) is 0.334. The van der Waals surface area contributed by atoms with Crippen molar-refractivity contribution in [3.63, 3.8) is 0 Å². The second-order valence-corrected chi connectivity index (χ2v) is 0. The monoisotopic (exact) mass is 123 g/mol. The van der Waals surface area contributed by atoms with Crippen molar-refractivity contribution in [1.82, 2.24) is 0 Å². The van der Waals surface area contributed by atoms with Crippen LogP contribution in [0.4, 0.5) is 0 Å². The van der Waals surface area contributed by atoms with Crippen molar-refractivity contribution in [3.05, 3.63) is 6.57 Å². The van der Waals surface area contributed by atoms with Crippen LogP contribution in [-0.4, -0.2) is 0 Å². The summed E-state index contributed by atoms with van der Waals surface area (Å²) in [5.41, 5.74) is 0. The van der Waals surface area contributed by atoms with Crippen LogP contribution in [0.1, 0.15) is 0 Å². The Morgan fingerprint density at radius 3 is 1.25 bits per heavy atom. The van der Waals surface area contributed by atoms with Crippen LogP contribution in [0.25, 0.3) is 0 Å². The maximum atomic E-state index is 6.25. The van der Waals surface area contributed by atoms with Gasteiger partial charge in [-0.05, 0) is 0 Å². The van der Waals surface area contributed by atoms with E-state index in [1.54, 1.807) is 0 Å². The molecule has 0 aromatic heterocycles. The normalized spacial score (nSPS) is 0.500. The van der Waals surface area contributed by atoms with Crippen molar-refractivity contribution in [1.29, 1.82) is 5.26 Å². The van der Waals surface area contributed by atoms with Gasteiger partial charge in [-0.25, -0.2) is 0 Å². The second kappa shape index (κ2) is 145. The molecule has 4 heavy (non-hydrogen) atoms. The summed E-state index contributed by atoms with van der Waals surface area (Å²) in [6.45, 7) is 4.75. The SMILES string of the molecule is S.[C-]#N.[Cu+].